The number of nitrogens with zero attached hydrogens (tertiary/aromatic N) is 2. The van der Waals surface area contributed by atoms with Crippen molar-refractivity contribution in [2.45, 2.75) is 128 Å². The monoisotopic (exact) mass is 934 g/mol. The van der Waals surface area contributed by atoms with E-state index in [1.807, 2.05) is 37.8 Å². The summed E-state index contributed by atoms with van der Waals surface area (Å²) in [5.74, 6) is -0.145. The lowest BCUT2D eigenvalue weighted by atomic mass is 9.55. The Bertz CT molecular complexity index is 2010. The number of unbranched alkanes of at least 4 members (excludes halogenated alkanes) is 2. The molecule has 2 fully saturated rings. The van der Waals surface area contributed by atoms with Crippen LogP contribution in [0.2, 0.25) is 0 Å². The summed E-state index contributed by atoms with van der Waals surface area (Å²) in [4.78, 5) is 36.7. The third-order valence-corrected chi connectivity index (χ3v) is 13.6. The van der Waals surface area contributed by atoms with E-state index in [2.05, 4.69) is 18.0 Å². The number of aliphatic hydroxyl groups excluding tert-OH is 3. The smallest absolute Gasteiger partial charge is 0.417 e. The Morgan fingerprint density at radius 3 is 2.37 bits per heavy atom. The van der Waals surface area contributed by atoms with Crippen LogP contribution in [0.4, 0.5) is 10.5 Å². The Labute approximate surface area is 396 Å². The second-order valence-electron chi connectivity index (χ2n) is 19.2. The van der Waals surface area contributed by atoms with Gasteiger partial charge in [-0.1, -0.05) is 55.8 Å². The molecule has 15 heteroatoms. The minimum Gasteiger partial charge on any atom is -0.497 e. The van der Waals surface area contributed by atoms with Crippen LogP contribution in [0.3, 0.4) is 0 Å². The summed E-state index contributed by atoms with van der Waals surface area (Å²) >= 11 is 0. The normalized spacial score (nSPS) is 23.9. The average molecular weight is 934 g/mol. The summed E-state index contributed by atoms with van der Waals surface area (Å²) in [6.45, 7) is 10.5. The number of methoxy groups -OCH3 is 2. The number of aliphatic hydroxyl groups is 3. The van der Waals surface area contributed by atoms with Crippen LogP contribution in [0, 0.1) is 23.7 Å². The largest absolute Gasteiger partial charge is 0.497 e. The van der Waals surface area contributed by atoms with Gasteiger partial charge in [-0.2, -0.15) is 0 Å². The van der Waals surface area contributed by atoms with E-state index in [0.717, 1.165) is 56.1 Å². The molecule has 67 heavy (non-hydrogen) atoms. The number of ether oxygens (including phenoxy) is 6. The Kier molecular flexibility index (Phi) is 19.0. The van der Waals surface area contributed by atoms with Gasteiger partial charge in [0.25, 0.3) is 0 Å². The predicted molar refractivity (Wildman–Crippen MR) is 256 cm³/mol. The average Bonchev–Trinajstić information content (AvgIpc) is 3.84. The zero-order valence-corrected chi connectivity index (χ0v) is 40.3. The summed E-state index contributed by atoms with van der Waals surface area (Å²) in [5.41, 5.74) is 2.16. The maximum absolute atomic E-state index is 14.9. The van der Waals surface area contributed by atoms with Crippen LogP contribution < -0.4 is 24.3 Å². The Hall–Kier alpha value is -4.67. The SMILES string of the molecule is C=CCOC12Oc3ccc(OC(=O)Nc4ccc(OC)cc4OC)cc3C3C(CCCCO)C(CCCCO)C=C(C(=NOC(C)(C)C)CC1N(CCOCCO)C(=O)CCC1CCCC1)C32. The van der Waals surface area contributed by atoms with Crippen molar-refractivity contribution < 1.29 is 58.2 Å². The highest BCUT2D eigenvalue weighted by Crippen LogP contribution is 2.62. The molecule has 4 N–H and O–H groups in total. The minimum atomic E-state index is -1.46. The van der Waals surface area contributed by atoms with Gasteiger partial charge in [-0.15, -0.1) is 6.58 Å². The van der Waals surface area contributed by atoms with E-state index in [1.54, 1.807) is 37.5 Å². The fraction of sp³-hybridized carbons (Fsp3) is 0.635. The number of benzene rings is 2. The first-order valence-corrected chi connectivity index (χ1v) is 24.4. The Morgan fingerprint density at radius 1 is 0.940 bits per heavy atom. The first-order chi connectivity index (χ1) is 32.4. The van der Waals surface area contributed by atoms with Gasteiger partial charge in [0.05, 0.1) is 58.0 Å². The highest BCUT2D eigenvalue weighted by atomic mass is 16.7. The number of allylic oxidation sites excluding steroid dienone is 1. The number of carbonyl (C=O) groups excluding carboxylic acids is 2. The number of nitrogens with one attached hydrogen (secondary N) is 1. The van der Waals surface area contributed by atoms with Crippen LogP contribution in [0.1, 0.15) is 116 Å². The van der Waals surface area contributed by atoms with Crippen molar-refractivity contribution in [3.63, 3.8) is 0 Å². The van der Waals surface area contributed by atoms with Gasteiger partial charge in [0.2, 0.25) is 11.7 Å². The number of fused-ring (bicyclic) bond motifs is 2. The van der Waals surface area contributed by atoms with Gasteiger partial charge in [-0.05, 0) is 107 Å². The number of hydrogen-bond donors (Lipinski definition) is 4. The molecule has 4 aliphatic rings. The molecule has 0 radical (unpaired) electrons. The molecule has 1 aliphatic heterocycles. The van der Waals surface area contributed by atoms with Crippen molar-refractivity contribution in [3.05, 3.63) is 66.3 Å². The molecule has 2 amide bonds. The highest BCUT2D eigenvalue weighted by Gasteiger charge is 2.65. The fourth-order valence-electron chi connectivity index (χ4n) is 10.6. The van der Waals surface area contributed by atoms with E-state index in [1.165, 1.54) is 20.0 Å². The van der Waals surface area contributed by atoms with E-state index in [4.69, 9.17) is 38.4 Å². The van der Waals surface area contributed by atoms with E-state index in [-0.39, 0.29) is 82.0 Å². The number of oxime groups is 1. The van der Waals surface area contributed by atoms with Gasteiger partial charge in [-0.25, -0.2) is 4.79 Å². The molecule has 6 atom stereocenters. The van der Waals surface area contributed by atoms with Crippen molar-refractivity contribution in [1.82, 2.24) is 4.90 Å². The summed E-state index contributed by atoms with van der Waals surface area (Å²) < 4.78 is 37.3. The summed E-state index contributed by atoms with van der Waals surface area (Å²) in [6.07, 6.45) is 13.5. The molecule has 2 aromatic rings. The van der Waals surface area contributed by atoms with Gasteiger partial charge >= 0.3 is 6.09 Å². The second-order valence-corrected chi connectivity index (χ2v) is 19.2. The fourth-order valence-corrected chi connectivity index (χ4v) is 10.6. The van der Waals surface area contributed by atoms with Crippen LogP contribution in [-0.4, -0.2) is 116 Å². The van der Waals surface area contributed by atoms with Crippen LogP contribution in [0.5, 0.6) is 23.0 Å². The highest BCUT2D eigenvalue weighted by molar-refractivity contribution is 6.03. The van der Waals surface area contributed by atoms with Crippen LogP contribution in [0.25, 0.3) is 0 Å². The molecule has 6 rings (SSSR count). The molecule has 0 spiro atoms. The van der Waals surface area contributed by atoms with Crippen LogP contribution in [-0.2, 0) is 19.1 Å². The minimum absolute atomic E-state index is 0.00683. The van der Waals surface area contributed by atoms with Gasteiger partial charge in [-0.3, -0.25) is 10.1 Å². The van der Waals surface area contributed by atoms with E-state index >= 15 is 0 Å². The molecule has 0 bridgehead atoms. The Morgan fingerprint density at radius 2 is 1.69 bits per heavy atom. The van der Waals surface area contributed by atoms with Gasteiger partial charge in [0.1, 0.15) is 34.6 Å². The number of hydrogen-bond acceptors (Lipinski definition) is 13. The number of amides is 2. The molecular formula is C52H75N3O12. The molecule has 1 heterocycles. The quantitative estimate of drug-likeness (QED) is 0.0423. The first kappa shape index (κ1) is 51.7. The molecule has 6 unspecified atom stereocenters. The van der Waals surface area contributed by atoms with Crippen molar-refractivity contribution in [1.29, 1.82) is 0 Å². The number of anilines is 1. The standard InChI is InChI=1S/C52H75N3O12/c1-7-28-64-52-46(55(24-29-63-30-27-58)47(59)23-18-35-14-8-9-15-35)34-43(54-67-51(2,3)4)40-31-36(16-10-12-25-56)39(17-11-13-26-57)48(49(40)52)41-32-38(20-22-44(41)66-52)65-50(60)53-42-21-19-37(61-5)33-45(42)62-6/h7,19-22,31-33,35-36,39,46,48-49,56-58H,1,8-18,23-30,34H2,2-6H3,(H,53,60). The van der Waals surface area contributed by atoms with E-state index in [0.29, 0.717) is 53.8 Å². The van der Waals surface area contributed by atoms with Crippen molar-refractivity contribution >= 4 is 23.4 Å². The molecule has 15 nitrogen and oxygen atoms in total. The van der Waals surface area contributed by atoms with Crippen molar-refractivity contribution in [3.8, 4) is 23.0 Å². The van der Waals surface area contributed by atoms with Crippen molar-refractivity contribution in [2.75, 3.05) is 65.7 Å². The molecule has 2 saturated carbocycles. The first-order valence-electron chi connectivity index (χ1n) is 24.4. The molecule has 3 aliphatic carbocycles. The summed E-state index contributed by atoms with van der Waals surface area (Å²) in [7, 11) is 3.06. The van der Waals surface area contributed by atoms with Gasteiger partial charge in [0, 0.05) is 50.1 Å². The maximum Gasteiger partial charge on any atom is 0.417 e. The maximum atomic E-state index is 14.9. The summed E-state index contributed by atoms with van der Waals surface area (Å²) in [6, 6.07) is 9.72. The lowest BCUT2D eigenvalue weighted by Gasteiger charge is -2.60. The van der Waals surface area contributed by atoms with Gasteiger partial charge in [0.15, 0.2) is 0 Å². The second kappa shape index (κ2) is 24.6. The zero-order valence-electron chi connectivity index (χ0n) is 40.3. The van der Waals surface area contributed by atoms with E-state index < -0.39 is 29.4 Å². The molecule has 0 saturated heterocycles. The third kappa shape index (κ3) is 12.9. The third-order valence-electron chi connectivity index (χ3n) is 13.6. The molecular weight excluding hydrogens is 859 g/mol. The van der Waals surface area contributed by atoms with Gasteiger partial charge < -0.3 is 53.5 Å². The molecule has 370 valence electrons. The molecule has 0 aromatic heterocycles. The van der Waals surface area contributed by atoms with Crippen LogP contribution >= 0.6 is 0 Å². The van der Waals surface area contributed by atoms with E-state index in [9.17, 15) is 24.9 Å². The lowest BCUT2D eigenvalue weighted by Crippen LogP contribution is -2.70. The molecule has 2 aromatic carbocycles. The Balaban J connectivity index is 1.53. The van der Waals surface area contributed by atoms with Crippen LogP contribution in [0.15, 0.2) is 65.9 Å². The zero-order chi connectivity index (χ0) is 48.0. The topological polar surface area (TPSA) is 187 Å². The number of rotatable bonds is 25. The predicted octanol–water partition coefficient (Wildman–Crippen LogP) is 8.55. The lowest BCUT2D eigenvalue weighted by molar-refractivity contribution is -0.258. The van der Waals surface area contributed by atoms with Crippen molar-refractivity contribution in [2.24, 2.45) is 28.8 Å². The summed E-state index contributed by atoms with van der Waals surface area (Å²) in [5, 5.41) is 37.4. The number of carbonyl (C=O) groups is 2.